The Labute approximate surface area is 123 Å². The third-order valence-corrected chi connectivity index (χ3v) is 4.49. The second-order valence-corrected chi connectivity index (χ2v) is 5.90. The van der Waals surface area contributed by atoms with Gasteiger partial charge in [0.15, 0.2) is 0 Å². The average Bonchev–Trinajstić information content (AvgIpc) is 2.62. The van der Waals surface area contributed by atoms with Crippen LogP contribution in [-0.4, -0.2) is 28.9 Å². The van der Waals surface area contributed by atoms with E-state index in [1.807, 2.05) is 0 Å². The maximum atomic E-state index is 4.67. The van der Waals surface area contributed by atoms with E-state index in [2.05, 4.69) is 47.8 Å². The van der Waals surface area contributed by atoms with Crippen molar-refractivity contribution in [2.75, 3.05) is 18.0 Å². The molecule has 1 aromatic heterocycles. The summed E-state index contributed by atoms with van der Waals surface area (Å²) >= 11 is 0. The van der Waals surface area contributed by atoms with Gasteiger partial charge in [0.05, 0.1) is 5.69 Å². The summed E-state index contributed by atoms with van der Waals surface area (Å²) in [5, 5.41) is 8.14. The summed E-state index contributed by atoms with van der Waals surface area (Å²) in [6.45, 7) is 9.72. The minimum atomic E-state index is 0.674. The van der Waals surface area contributed by atoms with Gasteiger partial charge in [-0.25, -0.2) is 0 Å². The van der Waals surface area contributed by atoms with Gasteiger partial charge >= 0.3 is 0 Å². The van der Waals surface area contributed by atoms with Gasteiger partial charge in [0.1, 0.15) is 5.82 Å². The lowest BCUT2D eigenvalue weighted by atomic mass is 10.1. The predicted molar refractivity (Wildman–Crippen MR) is 85.2 cm³/mol. The molecule has 0 spiro atoms. The van der Waals surface area contributed by atoms with Gasteiger partial charge in [-0.15, -0.1) is 0 Å². The topological polar surface area (TPSA) is 33.1 Å². The number of rotatable bonds is 5. The van der Waals surface area contributed by atoms with Gasteiger partial charge in [0.2, 0.25) is 0 Å². The van der Waals surface area contributed by atoms with E-state index in [0.717, 1.165) is 13.1 Å². The molecule has 0 radical (unpaired) electrons. The first-order valence-corrected chi connectivity index (χ1v) is 8.18. The van der Waals surface area contributed by atoms with Crippen LogP contribution in [0.2, 0.25) is 0 Å². The lowest BCUT2D eigenvalue weighted by molar-refractivity contribution is 0.539. The molecule has 4 nitrogen and oxygen atoms in total. The van der Waals surface area contributed by atoms with Crippen molar-refractivity contribution in [2.24, 2.45) is 7.05 Å². The number of nitrogens with one attached hydrogen (secondary N) is 1. The third-order valence-electron chi connectivity index (χ3n) is 4.49. The van der Waals surface area contributed by atoms with Gasteiger partial charge in [-0.1, -0.05) is 26.7 Å². The van der Waals surface area contributed by atoms with Gasteiger partial charge in [-0.05, 0) is 32.7 Å². The van der Waals surface area contributed by atoms with Crippen LogP contribution < -0.4 is 10.2 Å². The van der Waals surface area contributed by atoms with Crippen molar-refractivity contribution in [3.8, 4) is 0 Å². The number of hydrogen-bond acceptors (Lipinski definition) is 3. The molecule has 1 fully saturated rings. The Balaban J connectivity index is 2.32. The van der Waals surface area contributed by atoms with Gasteiger partial charge < -0.3 is 10.2 Å². The first-order chi connectivity index (χ1) is 9.69. The van der Waals surface area contributed by atoms with Crippen LogP contribution in [0.3, 0.4) is 0 Å². The Morgan fingerprint density at radius 3 is 2.75 bits per heavy atom. The van der Waals surface area contributed by atoms with E-state index in [1.54, 1.807) is 0 Å². The molecule has 0 bridgehead atoms. The van der Waals surface area contributed by atoms with Gasteiger partial charge in [0, 0.05) is 31.7 Å². The molecule has 114 valence electrons. The van der Waals surface area contributed by atoms with E-state index in [0.29, 0.717) is 6.04 Å². The number of nitrogens with zero attached hydrogens (tertiary/aromatic N) is 3. The van der Waals surface area contributed by atoms with Crippen molar-refractivity contribution in [1.29, 1.82) is 0 Å². The first-order valence-electron chi connectivity index (χ1n) is 8.18. The fourth-order valence-corrected chi connectivity index (χ4v) is 3.39. The maximum absolute atomic E-state index is 4.67. The van der Waals surface area contributed by atoms with Crippen molar-refractivity contribution in [3.63, 3.8) is 0 Å². The van der Waals surface area contributed by atoms with E-state index < -0.39 is 0 Å². The standard InChI is InChI=1S/C16H30N4/c1-5-14-10-8-7-9-11-20(14)16-15(12-17-6-2)13(3)18-19(16)4/h14,17H,5-12H2,1-4H3. The van der Waals surface area contributed by atoms with Crippen molar-refractivity contribution < 1.29 is 0 Å². The molecule has 0 aliphatic carbocycles. The van der Waals surface area contributed by atoms with Gasteiger partial charge in [-0.3, -0.25) is 4.68 Å². The van der Waals surface area contributed by atoms with Crippen LogP contribution in [0, 0.1) is 6.92 Å². The first kappa shape index (κ1) is 15.4. The molecule has 0 saturated carbocycles. The number of hydrogen-bond donors (Lipinski definition) is 1. The summed E-state index contributed by atoms with van der Waals surface area (Å²) in [7, 11) is 2.09. The molecule has 20 heavy (non-hydrogen) atoms. The third kappa shape index (κ3) is 3.17. The van der Waals surface area contributed by atoms with E-state index in [1.165, 1.54) is 55.7 Å². The summed E-state index contributed by atoms with van der Waals surface area (Å²) in [5.41, 5.74) is 2.55. The minimum Gasteiger partial charge on any atom is -0.354 e. The minimum absolute atomic E-state index is 0.674. The number of aromatic nitrogens is 2. The van der Waals surface area contributed by atoms with Gasteiger partial charge in [0.25, 0.3) is 0 Å². The number of aryl methyl sites for hydroxylation is 2. The SMILES string of the molecule is CCNCc1c(C)nn(C)c1N1CCCCCC1CC. The molecule has 2 heterocycles. The molecule has 1 aliphatic heterocycles. The Hall–Kier alpha value is -1.03. The molecule has 1 atom stereocenters. The molecular formula is C16H30N4. The normalized spacial score (nSPS) is 20.2. The van der Waals surface area contributed by atoms with Crippen LogP contribution in [0.1, 0.15) is 57.2 Å². The summed E-state index contributed by atoms with van der Waals surface area (Å²) in [6.07, 6.45) is 6.59. The largest absolute Gasteiger partial charge is 0.354 e. The zero-order valence-electron chi connectivity index (χ0n) is 13.6. The van der Waals surface area contributed by atoms with Crippen LogP contribution in [0.25, 0.3) is 0 Å². The fraction of sp³-hybridized carbons (Fsp3) is 0.812. The summed E-state index contributed by atoms with van der Waals surface area (Å²) < 4.78 is 2.09. The summed E-state index contributed by atoms with van der Waals surface area (Å²) in [6, 6.07) is 0.674. The highest BCUT2D eigenvalue weighted by Gasteiger charge is 2.25. The average molecular weight is 278 g/mol. The fourth-order valence-electron chi connectivity index (χ4n) is 3.39. The Morgan fingerprint density at radius 1 is 1.25 bits per heavy atom. The molecule has 1 aliphatic rings. The lowest BCUT2D eigenvalue weighted by Gasteiger charge is -2.32. The van der Waals surface area contributed by atoms with Crippen molar-refractivity contribution in [1.82, 2.24) is 15.1 Å². The zero-order chi connectivity index (χ0) is 14.5. The maximum Gasteiger partial charge on any atom is 0.131 e. The van der Waals surface area contributed by atoms with E-state index >= 15 is 0 Å². The van der Waals surface area contributed by atoms with E-state index in [9.17, 15) is 0 Å². The van der Waals surface area contributed by atoms with Crippen molar-refractivity contribution in [3.05, 3.63) is 11.3 Å². The zero-order valence-corrected chi connectivity index (χ0v) is 13.6. The molecule has 1 N–H and O–H groups in total. The molecule has 2 rings (SSSR count). The van der Waals surface area contributed by atoms with E-state index in [4.69, 9.17) is 0 Å². The van der Waals surface area contributed by atoms with Crippen LogP contribution in [0.5, 0.6) is 0 Å². The molecule has 1 unspecified atom stereocenters. The second-order valence-electron chi connectivity index (χ2n) is 5.90. The molecule has 0 amide bonds. The van der Waals surface area contributed by atoms with Crippen LogP contribution in [0.15, 0.2) is 0 Å². The Morgan fingerprint density at radius 2 is 2.05 bits per heavy atom. The highest BCUT2D eigenvalue weighted by atomic mass is 15.4. The van der Waals surface area contributed by atoms with Crippen molar-refractivity contribution >= 4 is 5.82 Å². The number of anilines is 1. The van der Waals surface area contributed by atoms with Gasteiger partial charge in [-0.2, -0.15) is 5.10 Å². The smallest absolute Gasteiger partial charge is 0.131 e. The highest BCUT2D eigenvalue weighted by Crippen LogP contribution is 2.30. The van der Waals surface area contributed by atoms with Crippen molar-refractivity contribution in [2.45, 2.75) is 65.5 Å². The van der Waals surface area contributed by atoms with E-state index in [-0.39, 0.29) is 0 Å². The molecule has 4 heteroatoms. The second kappa shape index (κ2) is 7.11. The summed E-state index contributed by atoms with van der Waals surface area (Å²) in [5.74, 6) is 1.34. The van der Waals surface area contributed by atoms with Crippen LogP contribution in [-0.2, 0) is 13.6 Å². The molecule has 0 aromatic carbocycles. The summed E-state index contributed by atoms with van der Waals surface area (Å²) in [4.78, 5) is 2.62. The Bertz CT molecular complexity index is 424. The monoisotopic (exact) mass is 278 g/mol. The highest BCUT2D eigenvalue weighted by molar-refractivity contribution is 5.51. The van der Waals surface area contributed by atoms with Crippen LogP contribution in [0.4, 0.5) is 5.82 Å². The Kier molecular flexibility index (Phi) is 5.46. The molecule has 1 aromatic rings. The lowest BCUT2D eigenvalue weighted by Crippen LogP contribution is -2.36. The van der Waals surface area contributed by atoms with Crippen LogP contribution >= 0.6 is 0 Å². The molecular weight excluding hydrogens is 248 g/mol. The quantitative estimate of drug-likeness (QED) is 0.899. The molecule has 1 saturated heterocycles. The predicted octanol–water partition coefficient (Wildman–Crippen LogP) is 3.00.